The number of aryl methyl sites for hydroxylation is 1. The molecule has 0 unspecified atom stereocenters. The van der Waals surface area contributed by atoms with Crippen LogP contribution in [0.3, 0.4) is 0 Å². The van der Waals surface area contributed by atoms with E-state index in [4.69, 9.17) is 16.6 Å². The van der Waals surface area contributed by atoms with Gasteiger partial charge in [0.25, 0.3) is 0 Å². The molecule has 0 spiro atoms. The summed E-state index contributed by atoms with van der Waals surface area (Å²) in [5.74, 6) is 0.404. The zero-order valence-corrected chi connectivity index (χ0v) is 12.6. The summed E-state index contributed by atoms with van der Waals surface area (Å²) in [6.45, 7) is 2.04. The molecule has 0 aliphatic heterocycles. The Kier molecular flexibility index (Phi) is 3.29. The van der Waals surface area contributed by atoms with Gasteiger partial charge in [-0.2, -0.15) is 0 Å². The zero-order valence-electron chi connectivity index (χ0n) is 10.3. The maximum Gasteiger partial charge on any atom is 0.140 e. The minimum absolute atomic E-state index is 0.404. The molecule has 0 aliphatic rings. The normalized spacial score (nSPS) is 11.1. The van der Waals surface area contributed by atoms with E-state index in [1.807, 2.05) is 41.9 Å². The number of imidazole rings is 1. The van der Waals surface area contributed by atoms with Crippen molar-refractivity contribution in [2.45, 2.75) is 12.8 Å². The van der Waals surface area contributed by atoms with Crippen molar-refractivity contribution in [3.05, 3.63) is 52.5 Å². The van der Waals surface area contributed by atoms with E-state index in [1.165, 1.54) is 0 Å². The first-order valence-electron chi connectivity index (χ1n) is 5.84. The smallest absolute Gasteiger partial charge is 0.140 e. The van der Waals surface area contributed by atoms with E-state index in [1.54, 1.807) is 6.20 Å². The van der Waals surface area contributed by atoms with Crippen molar-refractivity contribution < 1.29 is 0 Å². The highest BCUT2D eigenvalue weighted by molar-refractivity contribution is 9.10. The number of nitrogens with zero attached hydrogens (tertiary/aromatic N) is 3. The summed E-state index contributed by atoms with van der Waals surface area (Å²) in [5, 5.41) is 0. The Balaban J connectivity index is 2.35. The lowest BCUT2D eigenvalue weighted by molar-refractivity contribution is 1.07. The first-order valence-corrected chi connectivity index (χ1v) is 7.17. The summed E-state index contributed by atoms with van der Waals surface area (Å²) >= 11 is 9.62. The molecule has 0 fully saturated rings. The maximum atomic E-state index is 6.11. The van der Waals surface area contributed by atoms with Crippen molar-refractivity contribution in [3.8, 4) is 11.3 Å². The molecule has 3 aromatic heterocycles. The Labute approximate surface area is 124 Å². The molecule has 0 saturated carbocycles. The van der Waals surface area contributed by atoms with Gasteiger partial charge in [-0.25, -0.2) is 4.98 Å². The molecule has 0 saturated heterocycles. The number of aromatic nitrogens is 3. The highest BCUT2D eigenvalue weighted by Crippen LogP contribution is 2.28. The molecule has 5 heteroatoms. The second-order valence-corrected chi connectivity index (χ2v) is 5.50. The zero-order chi connectivity index (χ0) is 13.4. The SMILES string of the molecule is Cc1cc(Br)cn2c(CCl)c(-c3cccnc3)nc12. The fourth-order valence-corrected chi connectivity index (χ4v) is 2.98. The van der Waals surface area contributed by atoms with Gasteiger partial charge in [0.1, 0.15) is 5.65 Å². The Morgan fingerprint density at radius 2 is 2.26 bits per heavy atom. The summed E-state index contributed by atoms with van der Waals surface area (Å²) in [5.41, 5.74) is 4.89. The third kappa shape index (κ3) is 2.15. The summed E-state index contributed by atoms with van der Waals surface area (Å²) in [6.07, 6.45) is 5.55. The molecule has 96 valence electrons. The quantitative estimate of drug-likeness (QED) is 0.656. The van der Waals surface area contributed by atoms with Gasteiger partial charge in [-0.15, -0.1) is 11.6 Å². The van der Waals surface area contributed by atoms with Crippen LogP contribution in [0.15, 0.2) is 41.3 Å². The van der Waals surface area contributed by atoms with Crippen molar-refractivity contribution in [2.75, 3.05) is 0 Å². The van der Waals surface area contributed by atoms with Crippen LogP contribution in [0.4, 0.5) is 0 Å². The minimum Gasteiger partial charge on any atom is -0.301 e. The molecule has 0 amide bonds. The minimum atomic E-state index is 0.404. The van der Waals surface area contributed by atoms with Crippen LogP contribution in [0, 0.1) is 6.92 Å². The second kappa shape index (κ2) is 4.94. The van der Waals surface area contributed by atoms with Crippen LogP contribution in [0.1, 0.15) is 11.3 Å². The van der Waals surface area contributed by atoms with E-state index in [0.29, 0.717) is 5.88 Å². The van der Waals surface area contributed by atoms with Crippen LogP contribution < -0.4 is 0 Å². The number of halogens is 2. The molecule has 0 N–H and O–H groups in total. The predicted molar refractivity (Wildman–Crippen MR) is 80.4 cm³/mol. The third-order valence-corrected chi connectivity index (χ3v) is 3.72. The van der Waals surface area contributed by atoms with Crippen LogP contribution in [0.2, 0.25) is 0 Å². The van der Waals surface area contributed by atoms with Crippen LogP contribution in [-0.4, -0.2) is 14.4 Å². The van der Waals surface area contributed by atoms with Gasteiger partial charge in [-0.05, 0) is 46.6 Å². The summed E-state index contributed by atoms with van der Waals surface area (Å²) < 4.78 is 3.05. The first kappa shape index (κ1) is 12.6. The molecule has 0 aliphatic carbocycles. The largest absolute Gasteiger partial charge is 0.301 e. The predicted octanol–water partition coefficient (Wildman–Crippen LogP) is 4.21. The van der Waals surface area contributed by atoms with E-state index in [2.05, 4.69) is 20.9 Å². The molecular weight excluding hydrogens is 326 g/mol. The summed E-state index contributed by atoms with van der Waals surface area (Å²) in [6, 6.07) is 5.95. The van der Waals surface area contributed by atoms with Gasteiger partial charge in [-0.1, -0.05) is 0 Å². The molecule has 3 nitrogen and oxygen atoms in total. The average Bonchev–Trinajstić information content (AvgIpc) is 2.78. The van der Waals surface area contributed by atoms with E-state index in [-0.39, 0.29) is 0 Å². The molecule has 3 rings (SSSR count). The van der Waals surface area contributed by atoms with Gasteiger partial charge >= 0.3 is 0 Å². The Morgan fingerprint density at radius 1 is 1.42 bits per heavy atom. The van der Waals surface area contributed by atoms with Crippen molar-refractivity contribution in [2.24, 2.45) is 0 Å². The Morgan fingerprint density at radius 3 is 2.95 bits per heavy atom. The summed E-state index contributed by atoms with van der Waals surface area (Å²) in [7, 11) is 0. The van der Waals surface area contributed by atoms with Gasteiger partial charge in [0, 0.05) is 28.6 Å². The average molecular weight is 337 g/mol. The number of fused-ring (bicyclic) bond motifs is 1. The summed E-state index contributed by atoms with van der Waals surface area (Å²) in [4.78, 5) is 8.86. The lowest BCUT2D eigenvalue weighted by Crippen LogP contribution is -1.93. The van der Waals surface area contributed by atoms with Crippen molar-refractivity contribution >= 4 is 33.2 Å². The lowest BCUT2D eigenvalue weighted by Gasteiger charge is -2.02. The monoisotopic (exact) mass is 335 g/mol. The third-order valence-electron chi connectivity index (χ3n) is 3.03. The topological polar surface area (TPSA) is 30.2 Å². The van der Waals surface area contributed by atoms with Gasteiger partial charge in [0.2, 0.25) is 0 Å². The fraction of sp³-hybridized carbons (Fsp3) is 0.143. The molecular formula is C14H11BrClN3. The van der Waals surface area contributed by atoms with Gasteiger partial charge < -0.3 is 4.40 Å². The number of alkyl halides is 1. The molecule has 0 radical (unpaired) electrons. The molecule has 0 atom stereocenters. The molecule has 19 heavy (non-hydrogen) atoms. The van der Waals surface area contributed by atoms with Crippen LogP contribution in [0.5, 0.6) is 0 Å². The van der Waals surface area contributed by atoms with E-state index in [0.717, 1.165) is 32.6 Å². The van der Waals surface area contributed by atoms with Gasteiger partial charge in [0.15, 0.2) is 0 Å². The fourth-order valence-electron chi connectivity index (χ4n) is 2.18. The first-order chi connectivity index (χ1) is 9.20. The molecule has 3 heterocycles. The molecule has 3 aromatic rings. The van der Waals surface area contributed by atoms with Crippen molar-refractivity contribution in [1.82, 2.24) is 14.4 Å². The van der Waals surface area contributed by atoms with Crippen molar-refractivity contribution in [1.29, 1.82) is 0 Å². The number of pyridine rings is 2. The van der Waals surface area contributed by atoms with Gasteiger partial charge in [0.05, 0.1) is 17.3 Å². The van der Waals surface area contributed by atoms with Crippen LogP contribution in [0.25, 0.3) is 16.9 Å². The maximum absolute atomic E-state index is 6.11. The lowest BCUT2D eigenvalue weighted by atomic mass is 10.2. The number of hydrogen-bond donors (Lipinski definition) is 0. The van der Waals surface area contributed by atoms with Crippen LogP contribution in [-0.2, 0) is 5.88 Å². The second-order valence-electron chi connectivity index (χ2n) is 4.32. The molecule has 0 aromatic carbocycles. The Bertz CT molecular complexity index is 737. The van der Waals surface area contributed by atoms with Gasteiger partial charge in [-0.3, -0.25) is 4.98 Å². The number of hydrogen-bond acceptors (Lipinski definition) is 2. The standard InChI is InChI=1S/C14H11BrClN3/c1-9-5-11(15)8-19-12(6-16)13(18-14(9)19)10-3-2-4-17-7-10/h2-5,7-8H,6H2,1H3. The van der Waals surface area contributed by atoms with E-state index >= 15 is 0 Å². The van der Waals surface area contributed by atoms with E-state index < -0.39 is 0 Å². The highest BCUT2D eigenvalue weighted by atomic mass is 79.9. The Hall–Kier alpha value is -1.39. The van der Waals surface area contributed by atoms with Crippen LogP contribution >= 0.6 is 27.5 Å². The van der Waals surface area contributed by atoms with E-state index in [9.17, 15) is 0 Å². The van der Waals surface area contributed by atoms with Crippen molar-refractivity contribution in [3.63, 3.8) is 0 Å². The molecule has 0 bridgehead atoms. The number of rotatable bonds is 2. The highest BCUT2D eigenvalue weighted by Gasteiger charge is 2.15.